The average molecular weight is 227 g/mol. The van der Waals surface area contributed by atoms with E-state index in [9.17, 15) is 0 Å². The molecule has 0 spiro atoms. The molecule has 2 heteroatoms. The SMILES string of the molecule is CCCCCCCCC(C)C1CNCCO1. The van der Waals surface area contributed by atoms with Crippen LogP contribution in [0.2, 0.25) is 0 Å². The molecule has 2 nitrogen and oxygen atoms in total. The quantitative estimate of drug-likeness (QED) is 0.642. The highest BCUT2D eigenvalue weighted by Gasteiger charge is 2.19. The van der Waals surface area contributed by atoms with Crippen LogP contribution in [0, 0.1) is 5.92 Å². The van der Waals surface area contributed by atoms with Crippen LogP contribution < -0.4 is 5.32 Å². The van der Waals surface area contributed by atoms with E-state index in [4.69, 9.17) is 4.74 Å². The van der Waals surface area contributed by atoms with Crippen molar-refractivity contribution in [2.75, 3.05) is 19.7 Å². The summed E-state index contributed by atoms with van der Waals surface area (Å²) < 4.78 is 5.77. The fourth-order valence-corrected chi connectivity index (χ4v) is 2.38. The van der Waals surface area contributed by atoms with E-state index < -0.39 is 0 Å². The third-order valence-electron chi connectivity index (χ3n) is 3.60. The van der Waals surface area contributed by atoms with Crippen LogP contribution in [0.5, 0.6) is 0 Å². The molecular weight excluding hydrogens is 198 g/mol. The van der Waals surface area contributed by atoms with Gasteiger partial charge in [0.25, 0.3) is 0 Å². The Balaban J connectivity index is 1.94. The molecule has 2 unspecified atom stereocenters. The van der Waals surface area contributed by atoms with Crippen LogP contribution in [0.3, 0.4) is 0 Å². The summed E-state index contributed by atoms with van der Waals surface area (Å²) in [6, 6.07) is 0. The van der Waals surface area contributed by atoms with E-state index in [-0.39, 0.29) is 0 Å². The Hall–Kier alpha value is -0.0800. The van der Waals surface area contributed by atoms with Crippen molar-refractivity contribution in [1.29, 1.82) is 0 Å². The van der Waals surface area contributed by atoms with Crippen molar-refractivity contribution in [3.63, 3.8) is 0 Å². The first-order valence-electron chi connectivity index (χ1n) is 7.17. The number of unbranched alkanes of at least 4 members (excludes halogenated alkanes) is 5. The van der Waals surface area contributed by atoms with Crippen LogP contribution in [0.15, 0.2) is 0 Å². The molecule has 0 aromatic heterocycles. The first-order valence-corrected chi connectivity index (χ1v) is 7.17. The number of hydrogen-bond acceptors (Lipinski definition) is 2. The Morgan fingerprint density at radius 3 is 2.62 bits per heavy atom. The van der Waals surface area contributed by atoms with Gasteiger partial charge in [-0.2, -0.15) is 0 Å². The van der Waals surface area contributed by atoms with E-state index in [2.05, 4.69) is 19.2 Å². The number of morpholine rings is 1. The normalized spacial score (nSPS) is 23.2. The van der Waals surface area contributed by atoms with E-state index in [0.29, 0.717) is 6.10 Å². The topological polar surface area (TPSA) is 21.3 Å². The lowest BCUT2D eigenvalue weighted by Crippen LogP contribution is -2.41. The lowest BCUT2D eigenvalue weighted by atomic mass is 9.96. The molecule has 1 rings (SSSR count). The van der Waals surface area contributed by atoms with Gasteiger partial charge in [0.15, 0.2) is 0 Å². The van der Waals surface area contributed by atoms with Crippen LogP contribution in [0.25, 0.3) is 0 Å². The number of rotatable bonds is 8. The van der Waals surface area contributed by atoms with Crippen LogP contribution in [-0.2, 0) is 4.74 Å². The second kappa shape index (κ2) is 9.00. The summed E-state index contributed by atoms with van der Waals surface area (Å²) in [5, 5.41) is 3.41. The molecule has 2 atom stereocenters. The fourth-order valence-electron chi connectivity index (χ4n) is 2.38. The summed E-state index contributed by atoms with van der Waals surface area (Å²) in [4.78, 5) is 0. The maximum Gasteiger partial charge on any atom is 0.0725 e. The number of hydrogen-bond donors (Lipinski definition) is 1. The number of nitrogens with one attached hydrogen (secondary N) is 1. The molecule has 0 aromatic rings. The van der Waals surface area contributed by atoms with Crippen LogP contribution in [-0.4, -0.2) is 25.8 Å². The molecule has 0 aliphatic carbocycles. The summed E-state index contributed by atoms with van der Waals surface area (Å²) in [7, 11) is 0. The Morgan fingerprint density at radius 2 is 1.94 bits per heavy atom. The van der Waals surface area contributed by atoms with E-state index in [1.807, 2.05) is 0 Å². The maximum absolute atomic E-state index is 5.77. The van der Waals surface area contributed by atoms with E-state index in [1.165, 1.54) is 44.9 Å². The van der Waals surface area contributed by atoms with Gasteiger partial charge in [0.05, 0.1) is 12.7 Å². The second-order valence-electron chi connectivity index (χ2n) is 5.15. The highest BCUT2D eigenvalue weighted by molar-refractivity contribution is 4.72. The monoisotopic (exact) mass is 227 g/mol. The molecule has 0 bridgehead atoms. The third-order valence-corrected chi connectivity index (χ3v) is 3.60. The predicted molar refractivity (Wildman–Crippen MR) is 69.8 cm³/mol. The van der Waals surface area contributed by atoms with E-state index in [0.717, 1.165) is 25.6 Å². The molecule has 16 heavy (non-hydrogen) atoms. The molecule has 0 saturated carbocycles. The molecule has 0 amide bonds. The summed E-state index contributed by atoms with van der Waals surface area (Å²) in [6.07, 6.45) is 10.2. The Kier molecular flexibility index (Phi) is 7.87. The first kappa shape index (κ1) is 14.0. The predicted octanol–water partition coefficient (Wildman–Crippen LogP) is 3.36. The van der Waals surface area contributed by atoms with Crippen molar-refractivity contribution in [2.24, 2.45) is 5.92 Å². The van der Waals surface area contributed by atoms with Gasteiger partial charge < -0.3 is 10.1 Å². The first-order chi connectivity index (χ1) is 7.84. The molecular formula is C14H29NO. The molecule has 0 aromatic carbocycles. The molecule has 1 aliphatic heterocycles. The minimum absolute atomic E-state index is 0.462. The van der Waals surface area contributed by atoms with Crippen LogP contribution in [0.1, 0.15) is 58.8 Å². The Bertz CT molecular complexity index is 155. The highest BCUT2D eigenvalue weighted by Crippen LogP contribution is 2.17. The van der Waals surface area contributed by atoms with Gasteiger partial charge in [0, 0.05) is 13.1 Å². The van der Waals surface area contributed by atoms with E-state index in [1.54, 1.807) is 0 Å². The zero-order valence-electron chi connectivity index (χ0n) is 11.1. The Morgan fingerprint density at radius 1 is 1.19 bits per heavy atom. The largest absolute Gasteiger partial charge is 0.375 e. The van der Waals surface area contributed by atoms with Gasteiger partial charge in [-0.05, 0) is 12.3 Å². The maximum atomic E-state index is 5.77. The standard InChI is InChI=1S/C14H29NO/c1-3-4-5-6-7-8-9-13(2)14-12-15-10-11-16-14/h13-15H,3-12H2,1-2H3. The van der Waals surface area contributed by atoms with Crippen molar-refractivity contribution in [3.05, 3.63) is 0 Å². The molecule has 1 heterocycles. The molecule has 0 radical (unpaired) electrons. The minimum atomic E-state index is 0.462. The van der Waals surface area contributed by atoms with Gasteiger partial charge in [-0.3, -0.25) is 0 Å². The van der Waals surface area contributed by atoms with Crippen molar-refractivity contribution < 1.29 is 4.74 Å². The van der Waals surface area contributed by atoms with Gasteiger partial charge >= 0.3 is 0 Å². The van der Waals surface area contributed by atoms with Gasteiger partial charge in [-0.25, -0.2) is 0 Å². The van der Waals surface area contributed by atoms with Crippen LogP contribution in [0.4, 0.5) is 0 Å². The van der Waals surface area contributed by atoms with Crippen LogP contribution >= 0.6 is 0 Å². The molecule has 96 valence electrons. The Labute approximate surface area is 101 Å². The molecule has 1 aliphatic rings. The lowest BCUT2D eigenvalue weighted by Gasteiger charge is -2.28. The highest BCUT2D eigenvalue weighted by atomic mass is 16.5. The minimum Gasteiger partial charge on any atom is -0.375 e. The lowest BCUT2D eigenvalue weighted by molar-refractivity contribution is -0.00692. The average Bonchev–Trinajstić information content (AvgIpc) is 2.34. The van der Waals surface area contributed by atoms with Gasteiger partial charge in [-0.15, -0.1) is 0 Å². The summed E-state index contributed by atoms with van der Waals surface area (Å²) >= 11 is 0. The molecule has 1 fully saturated rings. The number of ether oxygens (including phenoxy) is 1. The zero-order valence-corrected chi connectivity index (χ0v) is 11.1. The van der Waals surface area contributed by atoms with Crippen molar-refractivity contribution in [1.82, 2.24) is 5.32 Å². The van der Waals surface area contributed by atoms with Gasteiger partial charge in [0.1, 0.15) is 0 Å². The van der Waals surface area contributed by atoms with Gasteiger partial charge in [-0.1, -0.05) is 52.4 Å². The second-order valence-corrected chi connectivity index (χ2v) is 5.15. The smallest absolute Gasteiger partial charge is 0.0725 e. The summed E-state index contributed by atoms with van der Waals surface area (Å²) in [6.45, 7) is 7.59. The van der Waals surface area contributed by atoms with Gasteiger partial charge in [0.2, 0.25) is 0 Å². The fraction of sp³-hybridized carbons (Fsp3) is 1.00. The zero-order chi connectivity index (χ0) is 11.6. The van der Waals surface area contributed by atoms with Crippen molar-refractivity contribution >= 4 is 0 Å². The summed E-state index contributed by atoms with van der Waals surface area (Å²) in [5.74, 6) is 0.721. The van der Waals surface area contributed by atoms with Crippen molar-refractivity contribution in [3.8, 4) is 0 Å². The molecule has 1 saturated heterocycles. The third kappa shape index (κ3) is 5.86. The molecule has 1 N–H and O–H groups in total. The van der Waals surface area contributed by atoms with E-state index >= 15 is 0 Å². The van der Waals surface area contributed by atoms with Crippen molar-refractivity contribution in [2.45, 2.75) is 64.9 Å². The summed E-state index contributed by atoms with van der Waals surface area (Å²) in [5.41, 5.74) is 0.